The van der Waals surface area contributed by atoms with E-state index in [-0.39, 0.29) is 18.3 Å². The molecule has 1 unspecified atom stereocenters. The number of carbonyl (C=O) groups excluding carboxylic acids is 1. The smallest absolute Gasteiger partial charge is 0.256 e. The van der Waals surface area contributed by atoms with E-state index >= 15 is 0 Å². The van der Waals surface area contributed by atoms with Crippen molar-refractivity contribution in [2.24, 2.45) is 0 Å². The highest BCUT2D eigenvalue weighted by Gasteiger charge is 2.22. The monoisotopic (exact) mass is 387 g/mol. The lowest BCUT2D eigenvalue weighted by atomic mass is 10.1. The maximum Gasteiger partial charge on any atom is 0.256 e. The van der Waals surface area contributed by atoms with Crippen LogP contribution in [-0.4, -0.2) is 36.7 Å². The number of amides is 1. The Morgan fingerprint density at radius 2 is 2.38 bits per heavy atom. The van der Waals surface area contributed by atoms with Crippen molar-refractivity contribution in [3.63, 3.8) is 0 Å². The van der Waals surface area contributed by atoms with Gasteiger partial charge in [0, 0.05) is 35.6 Å². The zero-order valence-corrected chi connectivity index (χ0v) is 15.6. The Morgan fingerprint density at radius 3 is 3.08 bits per heavy atom. The van der Waals surface area contributed by atoms with E-state index in [1.807, 2.05) is 19.1 Å². The van der Waals surface area contributed by atoms with Gasteiger partial charge >= 0.3 is 0 Å². The van der Waals surface area contributed by atoms with Crippen LogP contribution in [-0.2, 0) is 16.0 Å². The summed E-state index contributed by atoms with van der Waals surface area (Å²) in [7, 11) is 0. The van der Waals surface area contributed by atoms with Gasteiger partial charge in [-0.3, -0.25) is 10.1 Å². The predicted octanol–water partition coefficient (Wildman–Crippen LogP) is 3.04. The number of halogens is 2. The van der Waals surface area contributed by atoms with E-state index in [1.54, 1.807) is 6.20 Å². The van der Waals surface area contributed by atoms with Crippen molar-refractivity contribution in [2.45, 2.75) is 19.4 Å². The number of hydrogen-bond acceptors (Lipinski definition) is 5. The summed E-state index contributed by atoms with van der Waals surface area (Å²) >= 11 is 7.62. The minimum atomic E-state index is -0.452. The first-order valence-electron chi connectivity index (χ1n) is 7.45. The van der Waals surface area contributed by atoms with E-state index in [2.05, 4.69) is 21.7 Å². The number of aryl methyl sites for hydroxylation is 1. The van der Waals surface area contributed by atoms with Gasteiger partial charge in [0.25, 0.3) is 5.91 Å². The van der Waals surface area contributed by atoms with Gasteiger partial charge in [-0.05, 0) is 24.1 Å². The normalized spacial score (nSPS) is 17.2. The molecule has 0 radical (unpaired) electrons. The second kappa shape index (κ2) is 8.78. The van der Waals surface area contributed by atoms with Crippen LogP contribution >= 0.6 is 35.3 Å². The van der Waals surface area contributed by atoms with Crippen molar-refractivity contribution in [1.82, 2.24) is 10.3 Å². The van der Waals surface area contributed by atoms with Gasteiger partial charge < -0.3 is 10.1 Å². The van der Waals surface area contributed by atoms with Crippen LogP contribution in [0.3, 0.4) is 0 Å². The molecule has 1 aliphatic heterocycles. The Bertz CT molecular complexity index is 702. The third-order valence-corrected chi connectivity index (χ3v) is 4.94. The number of morpholine rings is 1. The maximum atomic E-state index is 12.1. The molecule has 1 atom stereocenters. The second-order valence-electron chi connectivity index (χ2n) is 5.44. The Kier molecular flexibility index (Phi) is 7.01. The molecule has 8 heteroatoms. The first-order chi connectivity index (χ1) is 11.1. The molecule has 1 aromatic heterocycles. The molecule has 24 heavy (non-hydrogen) atoms. The van der Waals surface area contributed by atoms with E-state index < -0.39 is 6.10 Å². The van der Waals surface area contributed by atoms with Crippen molar-refractivity contribution in [3.8, 4) is 0 Å². The standard InChI is InChI=1S/C16H18ClN3O2S.ClH/c1-10-2-3-11(7-13(10)17)6-12-8-19-16(23-12)20-15(21)14-9-18-4-5-22-14;/h2-3,7-8,14,18H,4-6,9H2,1H3,(H,19,20,21);1H. The number of hydrogen-bond donors (Lipinski definition) is 2. The maximum absolute atomic E-state index is 12.1. The van der Waals surface area contributed by atoms with Crippen LogP contribution in [0.4, 0.5) is 5.13 Å². The summed E-state index contributed by atoms with van der Waals surface area (Å²) < 4.78 is 5.43. The molecule has 0 aliphatic carbocycles. The van der Waals surface area contributed by atoms with Gasteiger partial charge in [0.1, 0.15) is 6.10 Å². The van der Waals surface area contributed by atoms with Crippen LogP contribution in [0, 0.1) is 6.92 Å². The first-order valence-corrected chi connectivity index (χ1v) is 8.64. The highest BCUT2D eigenvalue weighted by Crippen LogP contribution is 2.24. The van der Waals surface area contributed by atoms with E-state index in [4.69, 9.17) is 16.3 Å². The fourth-order valence-corrected chi connectivity index (χ4v) is 3.37. The number of thiazole rings is 1. The highest BCUT2D eigenvalue weighted by molar-refractivity contribution is 7.15. The number of ether oxygens (including phenoxy) is 1. The molecule has 0 saturated carbocycles. The van der Waals surface area contributed by atoms with Crippen LogP contribution in [0.15, 0.2) is 24.4 Å². The number of nitrogens with zero attached hydrogens (tertiary/aromatic N) is 1. The van der Waals surface area contributed by atoms with Crippen LogP contribution in [0.2, 0.25) is 5.02 Å². The second-order valence-corrected chi connectivity index (χ2v) is 6.97. The van der Waals surface area contributed by atoms with Crippen molar-refractivity contribution in [1.29, 1.82) is 0 Å². The van der Waals surface area contributed by atoms with E-state index in [1.165, 1.54) is 11.3 Å². The Morgan fingerprint density at radius 1 is 1.54 bits per heavy atom. The minimum absolute atomic E-state index is 0. The molecule has 1 aromatic carbocycles. The molecule has 1 fully saturated rings. The number of benzene rings is 1. The summed E-state index contributed by atoms with van der Waals surface area (Å²) in [4.78, 5) is 17.4. The van der Waals surface area contributed by atoms with Gasteiger partial charge in [-0.25, -0.2) is 4.98 Å². The summed E-state index contributed by atoms with van der Waals surface area (Å²) in [5.74, 6) is -0.156. The third kappa shape index (κ3) is 4.91. The summed E-state index contributed by atoms with van der Waals surface area (Å²) in [5.41, 5.74) is 2.19. The molecular formula is C16H19Cl2N3O2S. The molecule has 2 aromatic rings. The van der Waals surface area contributed by atoms with Gasteiger partial charge in [-0.1, -0.05) is 23.7 Å². The molecule has 1 aliphatic rings. The number of carbonyl (C=O) groups is 1. The molecule has 1 saturated heterocycles. The van der Waals surface area contributed by atoms with Crippen molar-refractivity contribution >= 4 is 46.4 Å². The molecule has 130 valence electrons. The molecule has 0 bridgehead atoms. The molecule has 1 amide bonds. The van der Waals surface area contributed by atoms with Gasteiger partial charge in [-0.2, -0.15) is 0 Å². The summed E-state index contributed by atoms with van der Waals surface area (Å²) in [6.45, 7) is 3.85. The van der Waals surface area contributed by atoms with Gasteiger partial charge in [0.2, 0.25) is 0 Å². The number of anilines is 1. The van der Waals surface area contributed by atoms with E-state index in [0.29, 0.717) is 18.3 Å². The molecular weight excluding hydrogens is 369 g/mol. The Labute approximate surface area is 156 Å². The van der Waals surface area contributed by atoms with Crippen LogP contribution in [0.1, 0.15) is 16.0 Å². The van der Waals surface area contributed by atoms with Crippen molar-refractivity contribution in [2.75, 3.05) is 25.0 Å². The summed E-state index contributed by atoms with van der Waals surface area (Å²) in [6.07, 6.45) is 2.08. The van der Waals surface area contributed by atoms with Crippen LogP contribution in [0.25, 0.3) is 0 Å². The van der Waals surface area contributed by atoms with Gasteiger partial charge in [0.05, 0.1) is 6.61 Å². The van der Waals surface area contributed by atoms with Crippen LogP contribution < -0.4 is 10.6 Å². The predicted molar refractivity (Wildman–Crippen MR) is 99.6 cm³/mol. The summed E-state index contributed by atoms with van der Waals surface area (Å²) in [5, 5.41) is 7.31. The SMILES string of the molecule is Cc1ccc(Cc2cnc(NC(=O)C3CNCCO3)s2)cc1Cl.Cl. The van der Waals surface area contributed by atoms with Crippen molar-refractivity contribution < 1.29 is 9.53 Å². The molecule has 3 rings (SSSR count). The van der Waals surface area contributed by atoms with Crippen molar-refractivity contribution in [3.05, 3.63) is 45.4 Å². The fraction of sp³-hybridized carbons (Fsp3) is 0.375. The summed E-state index contributed by atoms with van der Waals surface area (Å²) in [6, 6.07) is 6.03. The quantitative estimate of drug-likeness (QED) is 0.845. The lowest BCUT2D eigenvalue weighted by Crippen LogP contribution is -2.45. The van der Waals surface area contributed by atoms with Gasteiger partial charge in [-0.15, -0.1) is 23.7 Å². The topological polar surface area (TPSA) is 63.2 Å². The lowest BCUT2D eigenvalue weighted by Gasteiger charge is -2.22. The lowest BCUT2D eigenvalue weighted by molar-refractivity contribution is -0.128. The Balaban J connectivity index is 0.00000208. The molecule has 5 nitrogen and oxygen atoms in total. The first kappa shape index (κ1) is 19.1. The number of aromatic nitrogens is 1. The highest BCUT2D eigenvalue weighted by atomic mass is 35.5. The molecule has 2 heterocycles. The zero-order chi connectivity index (χ0) is 16.2. The molecule has 0 spiro atoms. The largest absolute Gasteiger partial charge is 0.366 e. The Hall–Kier alpha value is -1.18. The fourth-order valence-electron chi connectivity index (χ4n) is 2.31. The molecule has 2 N–H and O–H groups in total. The third-order valence-electron chi connectivity index (χ3n) is 3.62. The average Bonchev–Trinajstić information content (AvgIpc) is 2.99. The van der Waals surface area contributed by atoms with E-state index in [9.17, 15) is 4.79 Å². The number of rotatable bonds is 4. The van der Waals surface area contributed by atoms with E-state index in [0.717, 1.165) is 34.0 Å². The van der Waals surface area contributed by atoms with Gasteiger partial charge in [0.15, 0.2) is 5.13 Å². The van der Waals surface area contributed by atoms with Crippen LogP contribution in [0.5, 0.6) is 0 Å². The number of nitrogens with one attached hydrogen (secondary N) is 2. The minimum Gasteiger partial charge on any atom is -0.366 e. The average molecular weight is 388 g/mol. The zero-order valence-electron chi connectivity index (χ0n) is 13.2.